The number of carbonyl (C=O) groups is 2. The Morgan fingerprint density at radius 2 is 1.86 bits per heavy atom. The summed E-state index contributed by atoms with van der Waals surface area (Å²) < 4.78 is 20.2. The second-order valence-corrected chi connectivity index (χ2v) is 13.4. The van der Waals surface area contributed by atoms with Gasteiger partial charge in [-0.15, -0.1) is 0 Å². The molecule has 1 saturated heterocycles. The third-order valence-electron chi connectivity index (χ3n) is 6.37. The highest BCUT2D eigenvalue weighted by Crippen LogP contribution is 2.45. The summed E-state index contributed by atoms with van der Waals surface area (Å²) in [5, 5.41) is 0.830. The molecule has 202 valence electrons. The van der Waals surface area contributed by atoms with Crippen LogP contribution in [0.2, 0.25) is 10.0 Å². The molecule has 0 radical (unpaired) electrons. The third kappa shape index (κ3) is 8.34. The van der Waals surface area contributed by atoms with Gasteiger partial charge in [0.15, 0.2) is 5.60 Å². The zero-order chi connectivity index (χ0) is 27.4. The van der Waals surface area contributed by atoms with Crippen molar-refractivity contribution in [3.05, 3.63) is 70.0 Å². The highest BCUT2D eigenvalue weighted by atomic mass is 35.5. The van der Waals surface area contributed by atoms with E-state index in [1.54, 1.807) is 24.8 Å². The molecule has 1 unspecified atom stereocenters. The Kier molecular flexibility index (Phi) is 9.95. The van der Waals surface area contributed by atoms with E-state index in [1.807, 2.05) is 35.2 Å². The van der Waals surface area contributed by atoms with Crippen LogP contribution in [0.4, 0.5) is 4.39 Å². The summed E-state index contributed by atoms with van der Waals surface area (Å²) in [5.74, 6) is -0.231. The molecule has 3 atom stereocenters. The molecule has 2 aromatic rings. The monoisotopic (exact) mass is 568 g/mol. The van der Waals surface area contributed by atoms with Crippen molar-refractivity contribution >= 4 is 46.8 Å². The number of carbonyl (C=O) groups excluding carboxylic acids is 2. The molecule has 2 aromatic carbocycles. The molecule has 1 saturated carbocycles. The minimum absolute atomic E-state index is 0.0263. The average molecular weight is 570 g/mol. The molecule has 9 heteroatoms. The van der Waals surface area contributed by atoms with Crippen molar-refractivity contribution in [2.75, 3.05) is 12.4 Å². The molecular formula is C28H35Cl2FN2O3S. The van der Waals surface area contributed by atoms with Crippen molar-refractivity contribution in [1.82, 2.24) is 4.90 Å². The van der Waals surface area contributed by atoms with Gasteiger partial charge in [-0.1, -0.05) is 68.2 Å². The van der Waals surface area contributed by atoms with Gasteiger partial charge in [0, 0.05) is 21.6 Å². The van der Waals surface area contributed by atoms with E-state index in [0.717, 1.165) is 23.6 Å². The van der Waals surface area contributed by atoms with E-state index < -0.39 is 23.4 Å². The molecule has 0 bridgehead atoms. The van der Waals surface area contributed by atoms with Crippen LogP contribution in [0.3, 0.4) is 0 Å². The van der Waals surface area contributed by atoms with Crippen LogP contribution < -0.4 is 5.73 Å². The molecule has 2 N–H and O–H groups in total. The first kappa shape index (κ1) is 29.8. The highest BCUT2D eigenvalue weighted by molar-refractivity contribution is 8.00. The number of ether oxygens (including phenoxy) is 1. The molecule has 2 aliphatic rings. The first-order chi connectivity index (χ1) is 17.3. The Morgan fingerprint density at radius 1 is 1.22 bits per heavy atom. The number of morpholine rings is 1. The van der Waals surface area contributed by atoms with Gasteiger partial charge in [-0.2, -0.15) is 11.8 Å². The van der Waals surface area contributed by atoms with Crippen LogP contribution in [-0.4, -0.2) is 45.5 Å². The van der Waals surface area contributed by atoms with Gasteiger partial charge in [0.05, 0.1) is 24.1 Å². The molecule has 1 aliphatic carbocycles. The van der Waals surface area contributed by atoms with Crippen molar-refractivity contribution in [2.24, 2.45) is 11.7 Å². The van der Waals surface area contributed by atoms with Crippen molar-refractivity contribution in [3.63, 3.8) is 0 Å². The third-order valence-corrected chi connectivity index (χ3v) is 8.30. The Morgan fingerprint density at radius 3 is 2.35 bits per heavy atom. The Balaban J connectivity index is 0.000000468. The Hall–Kier alpha value is -1.80. The average Bonchev–Trinajstić information content (AvgIpc) is 3.64. The molecule has 4 rings (SSSR count). The minimum atomic E-state index is -1.31. The number of nitrogens with two attached hydrogens (primary N) is 1. The Bertz CT molecular complexity index is 1090. The van der Waals surface area contributed by atoms with Gasteiger partial charge in [-0.25, -0.2) is 4.39 Å². The molecule has 0 spiro atoms. The molecule has 37 heavy (non-hydrogen) atoms. The number of rotatable bonds is 7. The zero-order valence-electron chi connectivity index (χ0n) is 21.7. The second kappa shape index (κ2) is 12.4. The van der Waals surface area contributed by atoms with Gasteiger partial charge in [0.2, 0.25) is 5.91 Å². The van der Waals surface area contributed by atoms with Crippen LogP contribution in [-0.2, 0) is 14.3 Å². The number of thioether (sulfide) groups is 1. The van der Waals surface area contributed by atoms with E-state index in [-0.39, 0.29) is 34.7 Å². The SMILES string of the molecule is CC(C)(C)SCC(C1CC1)N1C(=O)[C@@](C)(CC(N)=O)OC[C@H]1c1ccc(Cl)c(F)c1.Clc1ccccc1. The van der Waals surface area contributed by atoms with Crippen LogP contribution in [0.15, 0.2) is 48.5 Å². The molecule has 5 nitrogen and oxygen atoms in total. The number of amides is 2. The highest BCUT2D eigenvalue weighted by Gasteiger charge is 2.51. The fourth-order valence-corrected chi connectivity index (χ4v) is 5.68. The number of hydrogen-bond donors (Lipinski definition) is 1. The van der Waals surface area contributed by atoms with Crippen LogP contribution in [0.5, 0.6) is 0 Å². The predicted molar refractivity (Wildman–Crippen MR) is 149 cm³/mol. The van der Waals surface area contributed by atoms with E-state index in [1.165, 1.54) is 12.1 Å². The van der Waals surface area contributed by atoms with Crippen LogP contribution in [0.1, 0.15) is 58.6 Å². The quantitative estimate of drug-likeness (QED) is 0.405. The summed E-state index contributed by atoms with van der Waals surface area (Å²) >= 11 is 13.2. The summed E-state index contributed by atoms with van der Waals surface area (Å²) in [6.45, 7) is 8.22. The van der Waals surface area contributed by atoms with Gasteiger partial charge in [0.1, 0.15) is 5.82 Å². The second-order valence-electron chi connectivity index (χ2n) is 10.7. The lowest BCUT2D eigenvalue weighted by Crippen LogP contribution is -2.61. The van der Waals surface area contributed by atoms with Crippen molar-refractivity contribution in [1.29, 1.82) is 0 Å². The summed E-state index contributed by atoms with van der Waals surface area (Å²) in [4.78, 5) is 27.2. The lowest BCUT2D eigenvalue weighted by atomic mass is 9.91. The van der Waals surface area contributed by atoms with Crippen LogP contribution >= 0.6 is 35.0 Å². The summed E-state index contributed by atoms with van der Waals surface area (Å²) in [7, 11) is 0. The smallest absolute Gasteiger partial charge is 0.255 e. The van der Waals surface area contributed by atoms with Gasteiger partial charge < -0.3 is 15.4 Å². The van der Waals surface area contributed by atoms with E-state index in [2.05, 4.69) is 20.8 Å². The van der Waals surface area contributed by atoms with Gasteiger partial charge in [-0.05, 0) is 55.5 Å². The standard InChI is InChI=1S/C22H30ClFN2O3S.C6H5Cl/c1-21(2,3)30-12-18(13-5-6-13)26-17(14-7-8-15(23)16(24)9-14)11-29-22(4,20(26)28)10-19(25)27;7-6-4-2-1-3-5-6/h7-9,13,17-18H,5-6,10-12H2,1-4H3,(H2,25,27);1-5H/t17-,18?,22+;/m0./s1. The normalized spacial score (nSPS) is 22.7. The maximum Gasteiger partial charge on any atom is 0.255 e. The van der Waals surface area contributed by atoms with E-state index >= 15 is 0 Å². The van der Waals surface area contributed by atoms with Crippen molar-refractivity contribution in [2.45, 2.75) is 69.4 Å². The molecule has 1 heterocycles. The number of benzene rings is 2. The number of nitrogens with zero attached hydrogens (tertiary/aromatic N) is 1. The van der Waals surface area contributed by atoms with Crippen molar-refractivity contribution in [3.8, 4) is 0 Å². The van der Waals surface area contributed by atoms with E-state index in [0.29, 0.717) is 11.5 Å². The van der Waals surface area contributed by atoms with Gasteiger partial charge >= 0.3 is 0 Å². The largest absolute Gasteiger partial charge is 0.370 e. The molecule has 0 aromatic heterocycles. The van der Waals surface area contributed by atoms with E-state index in [9.17, 15) is 14.0 Å². The Labute approximate surface area is 233 Å². The van der Waals surface area contributed by atoms with E-state index in [4.69, 9.17) is 33.7 Å². The molecular weight excluding hydrogens is 534 g/mol. The van der Waals surface area contributed by atoms with Crippen LogP contribution in [0.25, 0.3) is 0 Å². The number of primary amides is 1. The van der Waals surface area contributed by atoms with Gasteiger partial charge in [0.25, 0.3) is 5.91 Å². The zero-order valence-corrected chi connectivity index (χ0v) is 24.0. The maximum atomic E-state index is 14.2. The summed E-state index contributed by atoms with van der Waals surface area (Å²) in [6, 6.07) is 13.6. The molecule has 2 fully saturated rings. The fourth-order valence-electron chi connectivity index (χ4n) is 4.31. The first-order valence-electron chi connectivity index (χ1n) is 12.4. The van der Waals surface area contributed by atoms with Crippen molar-refractivity contribution < 1.29 is 18.7 Å². The first-order valence-corrected chi connectivity index (χ1v) is 14.1. The fraction of sp³-hybridized carbons (Fsp3) is 0.500. The topological polar surface area (TPSA) is 72.6 Å². The van der Waals surface area contributed by atoms with Gasteiger partial charge in [-0.3, -0.25) is 9.59 Å². The predicted octanol–water partition coefficient (Wildman–Crippen LogP) is 6.66. The lowest BCUT2D eigenvalue weighted by Gasteiger charge is -2.48. The summed E-state index contributed by atoms with van der Waals surface area (Å²) in [6.07, 6.45) is 1.91. The maximum absolute atomic E-state index is 14.2. The molecule has 1 aliphatic heterocycles. The number of halogens is 3. The minimum Gasteiger partial charge on any atom is -0.370 e. The lowest BCUT2D eigenvalue weighted by molar-refractivity contribution is -0.184. The van der Waals surface area contributed by atoms with Crippen LogP contribution in [0, 0.1) is 11.7 Å². The molecule has 2 amide bonds. The summed E-state index contributed by atoms with van der Waals surface area (Å²) in [5.41, 5.74) is 4.73. The number of hydrogen-bond acceptors (Lipinski definition) is 4.